The van der Waals surface area contributed by atoms with Crippen LogP contribution in [0.4, 0.5) is 10.7 Å². The Morgan fingerprint density at radius 2 is 2.20 bits per heavy atom. The standard InChI is InChI=1S/C15H22N2OS2/c1-15(6-3-7-15)8-17-14-13(19-2)10(16)12(20-14)11(18)9-4-5-9/h9,17H,3-8,16H2,1-2H3. The lowest BCUT2D eigenvalue weighted by atomic mass is 9.70. The van der Waals surface area contributed by atoms with E-state index in [-0.39, 0.29) is 11.7 Å². The molecular weight excluding hydrogens is 288 g/mol. The lowest BCUT2D eigenvalue weighted by Crippen LogP contribution is -2.33. The lowest BCUT2D eigenvalue weighted by molar-refractivity contribution is 0.0972. The molecule has 0 bridgehead atoms. The first-order valence-corrected chi connectivity index (χ1v) is 9.32. The number of Topliss-reactive ketones (excluding diaryl/α,β-unsaturated/α-hetero) is 1. The molecule has 0 aliphatic heterocycles. The number of nitrogen functional groups attached to an aromatic ring is 1. The van der Waals surface area contributed by atoms with E-state index in [9.17, 15) is 4.79 Å². The van der Waals surface area contributed by atoms with Crippen molar-refractivity contribution in [2.75, 3.05) is 23.9 Å². The third-order valence-corrected chi connectivity index (χ3v) is 6.65. The fraction of sp³-hybridized carbons (Fsp3) is 0.667. The smallest absolute Gasteiger partial charge is 0.178 e. The molecule has 2 aliphatic rings. The number of hydrogen-bond acceptors (Lipinski definition) is 5. The molecule has 3 rings (SSSR count). The van der Waals surface area contributed by atoms with Gasteiger partial charge in [-0.3, -0.25) is 4.79 Å². The summed E-state index contributed by atoms with van der Waals surface area (Å²) in [4.78, 5) is 14.1. The number of nitrogens with two attached hydrogens (primary N) is 1. The van der Waals surface area contributed by atoms with E-state index in [1.165, 1.54) is 19.3 Å². The van der Waals surface area contributed by atoms with Gasteiger partial charge in [0.2, 0.25) is 0 Å². The van der Waals surface area contributed by atoms with E-state index in [4.69, 9.17) is 5.73 Å². The number of thioether (sulfide) groups is 1. The summed E-state index contributed by atoms with van der Waals surface area (Å²) in [6, 6.07) is 0. The zero-order valence-electron chi connectivity index (χ0n) is 12.1. The number of carbonyl (C=O) groups excluding carboxylic acids is 1. The SMILES string of the molecule is CSc1c(NCC2(C)CCC2)sc(C(=O)C2CC2)c1N. The van der Waals surface area contributed by atoms with Gasteiger partial charge in [0.25, 0.3) is 0 Å². The molecule has 0 aromatic carbocycles. The van der Waals surface area contributed by atoms with Crippen molar-refractivity contribution in [3.63, 3.8) is 0 Å². The Morgan fingerprint density at radius 3 is 2.70 bits per heavy atom. The third kappa shape index (κ3) is 2.58. The molecular formula is C15H22N2OS2. The van der Waals surface area contributed by atoms with E-state index in [1.807, 2.05) is 6.26 Å². The Hall–Kier alpha value is -0.680. The highest BCUT2D eigenvalue weighted by Gasteiger charge is 2.35. The van der Waals surface area contributed by atoms with Crippen molar-refractivity contribution >= 4 is 39.6 Å². The van der Waals surface area contributed by atoms with Crippen molar-refractivity contribution in [1.82, 2.24) is 0 Å². The first-order valence-electron chi connectivity index (χ1n) is 7.28. The largest absolute Gasteiger partial charge is 0.396 e. The highest BCUT2D eigenvalue weighted by atomic mass is 32.2. The molecule has 0 unspecified atom stereocenters. The fourth-order valence-corrected chi connectivity index (χ4v) is 4.76. The summed E-state index contributed by atoms with van der Waals surface area (Å²) in [7, 11) is 0. The minimum absolute atomic E-state index is 0.239. The van der Waals surface area contributed by atoms with Crippen molar-refractivity contribution in [2.24, 2.45) is 11.3 Å². The Kier molecular flexibility index (Phi) is 3.75. The summed E-state index contributed by atoms with van der Waals surface area (Å²) in [5.74, 6) is 0.494. The third-order valence-electron chi connectivity index (χ3n) is 4.51. The normalized spacial score (nSPS) is 20.5. The Morgan fingerprint density at radius 1 is 1.50 bits per heavy atom. The molecule has 0 radical (unpaired) electrons. The van der Waals surface area contributed by atoms with E-state index in [1.54, 1.807) is 23.1 Å². The number of ketones is 1. The van der Waals surface area contributed by atoms with Gasteiger partial charge in [-0.05, 0) is 37.4 Å². The van der Waals surface area contributed by atoms with Crippen LogP contribution in [-0.4, -0.2) is 18.6 Å². The Bertz CT molecular complexity index is 530. The van der Waals surface area contributed by atoms with Crippen molar-refractivity contribution in [1.29, 1.82) is 0 Å². The molecule has 0 saturated heterocycles. The lowest BCUT2D eigenvalue weighted by Gasteiger charge is -2.38. The van der Waals surface area contributed by atoms with Gasteiger partial charge >= 0.3 is 0 Å². The van der Waals surface area contributed by atoms with Gasteiger partial charge in [0.15, 0.2) is 5.78 Å². The maximum absolute atomic E-state index is 12.3. The Balaban J connectivity index is 1.78. The molecule has 2 aliphatic carbocycles. The monoisotopic (exact) mass is 310 g/mol. The van der Waals surface area contributed by atoms with Gasteiger partial charge in [-0.25, -0.2) is 0 Å². The summed E-state index contributed by atoms with van der Waals surface area (Å²) >= 11 is 3.20. The fourth-order valence-electron chi connectivity index (χ4n) is 2.71. The van der Waals surface area contributed by atoms with Gasteiger partial charge in [-0.1, -0.05) is 13.3 Å². The number of carbonyl (C=O) groups is 1. The molecule has 1 aromatic rings. The molecule has 0 atom stereocenters. The van der Waals surface area contributed by atoms with Gasteiger partial charge in [0.1, 0.15) is 5.00 Å². The number of anilines is 2. The first kappa shape index (κ1) is 14.3. The maximum Gasteiger partial charge on any atom is 0.178 e. The van der Waals surface area contributed by atoms with Crippen molar-refractivity contribution in [2.45, 2.75) is 43.9 Å². The molecule has 0 spiro atoms. The van der Waals surface area contributed by atoms with Crippen LogP contribution in [0.2, 0.25) is 0 Å². The average Bonchev–Trinajstić information content (AvgIpc) is 3.18. The molecule has 1 heterocycles. The van der Waals surface area contributed by atoms with E-state index >= 15 is 0 Å². The number of rotatable bonds is 6. The van der Waals surface area contributed by atoms with Gasteiger partial charge in [-0.15, -0.1) is 23.1 Å². The highest BCUT2D eigenvalue weighted by Crippen LogP contribution is 2.46. The number of nitrogens with one attached hydrogen (secondary N) is 1. The van der Waals surface area contributed by atoms with Crippen LogP contribution in [0, 0.1) is 11.3 Å². The van der Waals surface area contributed by atoms with Crippen LogP contribution in [0.15, 0.2) is 4.90 Å². The van der Waals surface area contributed by atoms with Gasteiger partial charge in [-0.2, -0.15) is 0 Å². The Labute approximate surface area is 128 Å². The molecule has 2 saturated carbocycles. The van der Waals surface area contributed by atoms with Crippen LogP contribution in [0.3, 0.4) is 0 Å². The van der Waals surface area contributed by atoms with E-state index in [0.29, 0.717) is 11.1 Å². The molecule has 3 nitrogen and oxygen atoms in total. The quantitative estimate of drug-likeness (QED) is 0.609. The van der Waals surface area contributed by atoms with E-state index < -0.39 is 0 Å². The molecule has 5 heteroatoms. The van der Waals surface area contributed by atoms with Crippen molar-refractivity contribution in [3.05, 3.63) is 4.88 Å². The average molecular weight is 310 g/mol. The molecule has 0 amide bonds. The van der Waals surface area contributed by atoms with Gasteiger partial charge in [0.05, 0.1) is 15.5 Å². The summed E-state index contributed by atoms with van der Waals surface area (Å²) in [5, 5.41) is 4.64. The van der Waals surface area contributed by atoms with E-state index in [0.717, 1.165) is 34.2 Å². The number of thiophene rings is 1. The summed E-state index contributed by atoms with van der Waals surface area (Å²) in [6.45, 7) is 3.31. The van der Waals surface area contributed by atoms with Crippen LogP contribution >= 0.6 is 23.1 Å². The predicted molar refractivity (Wildman–Crippen MR) is 88.0 cm³/mol. The van der Waals surface area contributed by atoms with Gasteiger partial charge < -0.3 is 11.1 Å². The number of hydrogen-bond donors (Lipinski definition) is 2. The van der Waals surface area contributed by atoms with Crippen LogP contribution in [-0.2, 0) is 0 Å². The second-order valence-electron chi connectivity index (χ2n) is 6.36. The molecule has 110 valence electrons. The van der Waals surface area contributed by atoms with Crippen molar-refractivity contribution in [3.8, 4) is 0 Å². The molecule has 1 aromatic heterocycles. The molecule has 2 fully saturated rings. The van der Waals surface area contributed by atoms with Crippen LogP contribution in [0.25, 0.3) is 0 Å². The van der Waals surface area contributed by atoms with Crippen LogP contribution in [0.5, 0.6) is 0 Å². The second-order valence-corrected chi connectivity index (χ2v) is 8.20. The highest BCUT2D eigenvalue weighted by molar-refractivity contribution is 7.99. The minimum atomic E-state index is 0.239. The van der Waals surface area contributed by atoms with Gasteiger partial charge in [0, 0.05) is 12.5 Å². The minimum Gasteiger partial charge on any atom is -0.396 e. The first-order chi connectivity index (χ1) is 9.54. The summed E-state index contributed by atoms with van der Waals surface area (Å²) in [6.07, 6.45) is 8.02. The van der Waals surface area contributed by atoms with Crippen LogP contribution < -0.4 is 11.1 Å². The summed E-state index contributed by atoms with van der Waals surface area (Å²) in [5.41, 5.74) is 7.32. The zero-order chi connectivity index (χ0) is 14.3. The molecule has 20 heavy (non-hydrogen) atoms. The topological polar surface area (TPSA) is 55.1 Å². The molecule has 3 N–H and O–H groups in total. The van der Waals surface area contributed by atoms with Crippen molar-refractivity contribution < 1.29 is 4.79 Å². The van der Waals surface area contributed by atoms with E-state index in [2.05, 4.69) is 12.2 Å². The maximum atomic E-state index is 12.3. The van der Waals surface area contributed by atoms with Crippen LogP contribution in [0.1, 0.15) is 48.7 Å². The zero-order valence-corrected chi connectivity index (χ0v) is 13.8. The predicted octanol–water partition coefficient (Wildman–Crippen LogP) is 4.25. The summed E-state index contributed by atoms with van der Waals surface area (Å²) < 4.78 is 0. The second kappa shape index (κ2) is 5.26.